The summed E-state index contributed by atoms with van der Waals surface area (Å²) in [5, 5.41) is 6.77. The summed E-state index contributed by atoms with van der Waals surface area (Å²) in [6.45, 7) is 0. The summed E-state index contributed by atoms with van der Waals surface area (Å²) < 4.78 is 12.8. The lowest BCUT2D eigenvalue weighted by molar-refractivity contribution is 0.669. The maximum atomic E-state index is 6.61. The largest absolute Gasteiger partial charge is 0.456 e. The van der Waals surface area contributed by atoms with Crippen LogP contribution in [-0.2, 0) is 5.41 Å². The lowest BCUT2D eigenvalue weighted by atomic mass is 9.70. The van der Waals surface area contributed by atoms with E-state index in [-0.39, 0.29) is 0 Å². The van der Waals surface area contributed by atoms with Crippen molar-refractivity contribution in [2.24, 2.45) is 0 Å². The zero-order valence-electron chi connectivity index (χ0n) is 36.8. The van der Waals surface area contributed by atoms with Crippen LogP contribution in [-0.4, -0.2) is 0 Å². The molecule has 0 amide bonds. The minimum atomic E-state index is -0.475. The predicted molar refractivity (Wildman–Crippen MR) is 280 cm³/mol. The Morgan fingerprint density at radius 3 is 1.57 bits per heavy atom. The van der Waals surface area contributed by atoms with Gasteiger partial charge in [0.25, 0.3) is 0 Å². The van der Waals surface area contributed by atoms with Gasteiger partial charge in [-0.05, 0) is 133 Å². The van der Waals surface area contributed by atoms with Crippen LogP contribution in [0.1, 0.15) is 22.3 Å². The van der Waals surface area contributed by atoms with Crippen LogP contribution < -0.4 is 4.90 Å². The van der Waals surface area contributed by atoms with E-state index >= 15 is 0 Å². The Bertz CT molecular complexity index is 4160. The smallest absolute Gasteiger partial charge is 0.143 e. The van der Waals surface area contributed by atoms with Crippen LogP contribution in [0, 0.1) is 0 Å². The minimum absolute atomic E-state index is 0.475. The van der Waals surface area contributed by atoms with Gasteiger partial charge in [-0.25, -0.2) is 0 Å². The Morgan fingerprint density at radius 1 is 0.294 bits per heavy atom. The number of hydrogen-bond acceptors (Lipinski definition) is 3. The fourth-order valence-electron chi connectivity index (χ4n) is 11.9. The molecule has 2 aromatic heterocycles. The summed E-state index contributed by atoms with van der Waals surface area (Å²) in [6, 6.07) is 86.5. The van der Waals surface area contributed by atoms with Gasteiger partial charge in [0.05, 0.1) is 11.1 Å². The van der Waals surface area contributed by atoms with E-state index < -0.39 is 5.41 Å². The molecule has 316 valence electrons. The molecule has 13 aromatic rings. The molecule has 68 heavy (non-hydrogen) atoms. The van der Waals surface area contributed by atoms with E-state index in [0.717, 1.165) is 88.6 Å². The fourth-order valence-corrected chi connectivity index (χ4v) is 11.9. The Morgan fingerprint density at radius 2 is 0.824 bits per heavy atom. The second-order valence-corrected chi connectivity index (χ2v) is 18.3. The third-order valence-corrected chi connectivity index (χ3v) is 14.9. The molecule has 2 aliphatic carbocycles. The summed E-state index contributed by atoms with van der Waals surface area (Å²) in [6.07, 6.45) is 0. The molecular weight excluding hydrogens is 827 g/mol. The SMILES string of the molecule is c1ccc(N(c2ccc(-c3ccc4oc5ccccc5c4c3)cc2)c2ccc3c(c2)C2(c4ccccc4-c4ccccc42)c2ccccc2-3)c(-c2ccc3oc4c5ccccc5ccc4c3c2)c1. The van der Waals surface area contributed by atoms with Gasteiger partial charge in [-0.1, -0.05) is 170 Å². The van der Waals surface area contributed by atoms with Crippen LogP contribution in [0.2, 0.25) is 0 Å². The molecule has 0 saturated heterocycles. The first kappa shape index (κ1) is 37.3. The monoisotopic (exact) mass is 865 g/mol. The number of nitrogens with zero attached hydrogens (tertiary/aromatic N) is 1. The summed E-state index contributed by atoms with van der Waals surface area (Å²) in [5.74, 6) is 0. The summed E-state index contributed by atoms with van der Waals surface area (Å²) in [7, 11) is 0. The van der Waals surface area contributed by atoms with Crippen LogP contribution in [0.25, 0.3) is 99.2 Å². The van der Waals surface area contributed by atoms with Gasteiger partial charge in [0.1, 0.15) is 22.3 Å². The van der Waals surface area contributed by atoms with E-state index in [4.69, 9.17) is 8.83 Å². The van der Waals surface area contributed by atoms with Gasteiger partial charge >= 0.3 is 0 Å². The highest BCUT2D eigenvalue weighted by Crippen LogP contribution is 2.63. The minimum Gasteiger partial charge on any atom is -0.456 e. The third kappa shape index (κ3) is 5.13. The molecule has 15 rings (SSSR count). The number of hydrogen-bond donors (Lipinski definition) is 0. The number of furan rings is 2. The topological polar surface area (TPSA) is 29.5 Å². The lowest BCUT2D eigenvalue weighted by Crippen LogP contribution is -2.26. The van der Waals surface area contributed by atoms with Crippen molar-refractivity contribution in [3.05, 3.63) is 259 Å². The van der Waals surface area contributed by atoms with E-state index in [1.165, 1.54) is 49.9 Å². The van der Waals surface area contributed by atoms with Crippen molar-refractivity contribution in [3.63, 3.8) is 0 Å². The van der Waals surface area contributed by atoms with E-state index in [1.54, 1.807) is 0 Å². The Labute approximate surface area is 392 Å². The standard InChI is InChI=1S/C65H39NO2/c1-2-15-47-41(13-1)27-33-53-55-38-43(29-36-63(55)68-64(47)53)46-14-6-11-23-60(46)66(44-30-25-40(26-31-44)42-28-35-62-54(37-42)52-19-7-12-24-61(52)67-62)45-32-34-51-50-18-5-10-22-58(50)65(59(51)39-45)56-20-8-3-16-48(56)49-17-4-9-21-57(49)65/h1-39H. The number of benzene rings is 11. The maximum Gasteiger partial charge on any atom is 0.143 e. The van der Waals surface area contributed by atoms with Crippen molar-refractivity contribution in [3.8, 4) is 44.5 Å². The molecule has 3 nitrogen and oxygen atoms in total. The molecule has 11 aromatic carbocycles. The Hall–Kier alpha value is -8.92. The molecule has 0 aliphatic heterocycles. The van der Waals surface area contributed by atoms with Crippen LogP contribution in [0.4, 0.5) is 17.1 Å². The van der Waals surface area contributed by atoms with E-state index in [0.29, 0.717) is 0 Å². The lowest BCUT2D eigenvalue weighted by Gasteiger charge is -2.32. The van der Waals surface area contributed by atoms with E-state index in [1.807, 2.05) is 12.1 Å². The van der Waals surface area contributed by atoms with Gasteiger partial charge in [0, 0.05) is 43.9 Å². The second-order valence-electron chi connectivity index (χ2n) is 18.3. The molecule has 1 spiro atoms. The van der Waals surface area contributed by atoms with Crippen molar-refractivity contribution in [2.75, 3.05) is 4.90 Å². The summed E-state index contributed by atoms with van der Waals surface area (Å²) in [5.41, 5.74) is 21.3. The number of fused-ring (bicyclic) bond motifs is 18. The molecule has 0 unspecified atom stereocenters. The predicted octanol–water partition coefficient (Wildman–Crippen LogP) is 17.8. The number of anilines is 3. The van der Waals surface area contributed by atoms with Gasteiger partial charge in [0.2, 0.25) is 0 Å². The van der Waals surface area contributed by atoms with Crippen molar-refractivity contribution in [1.82, 2.24) is 0 Å². The van der Waals surface area contributed by atoms with Crippen molar-refractivity contribution < 1.29 is 8.83 Å². The van der Waals surface area contributed by atoms with E-state index in [2.05, 4.69) is 229 Å². The van der Waals surface area contributed by atoms with Crippen molar-refractivity contribution in [1.29, 1.82) is 0 Å². The Kier molecular flexibility index (Phi) is 7.71. The van der Waals surface area contributed by atoms with Gasteiger partial charge in [0.15, 0.2) is 0 Å². The van der Waals surface area contributed by atoms with Crippen molar-refractivity contribution >= 4 is 71.7 Å². The summed E-state index contributed by atoms with van der Waals surface area (Å²) >= 11 is 0. The quantitative estimate of drug-likeness (QED) is 0.173. The van der Waals surface area contributed by atoms with Crippen LogP contribution in [0.5, 0.6) is 0 Å². The van der Waals surface area contributed by atoms with Crippen molar-refractivity contribution in [2.45, 2.75) is 5.41 Å². The molecule has 0 fully saturated rings. The highest BCUT2D eigenvalue weighted by Gasteiger charge is 2.51. The molecule has 0 bridgehead atoms. The Balaban J connectivity index is 0.943. The zero-order valence-corrected chi connectivity index (χ0v) is 36.8. The first-order valence-electron chi connectivity index (χ1n) is 23.4. The highest BCUT2D eigenvalue weighted by atomic mass is 16.3. The first-order valence-corrected chi connectivity index (χ1v) is 23.4. The molecule has 0 radical (unpaired) electrons. The highest BCUT2D eigenvalue weighted by molar-refractivity contribution is 6.16. The molecule has 2 aliphatic rings. The van der Waals surface area contributed by atoms with Crippen LogP contribution in [0.15, 0.2) is 245 Å². The number of para-hydroxylation sites is 2. The van der Waals surface area contributed by atoms with Gasteiger partial charge < -0.3 is 13.7 Å². The molecule has 0 saturated carbocycles. The molecule has 0 N–H and O–H groups in total. The van der Waals surface area contributed by atoms with Gasteiger partial charge in [-0.2, -0.15) is 0 Å². The van der Waals surface area contributed by atoms with E-state index in [9.17, 15) is 0 Å². The number of rotatable bonds is 5. The normalized spacial score (nSPS) is 13.1. The van der Waals surface area contributed by atoms with Gasteiger partial charge in [-0.15, -0.1) is 0 Å². The van der Waals surface area contributed by atoms with Crippen LogP contribution >= 0.6 is 0 Å². The average molecular weight is 866 g/mol. The molecule has 3 heteroatoms. The third-order valence-electron chi connectivity index (χ3n) is 14.9. The van der Waals surface area contributed by atoms with Crippen LogP contribution in [0.3, 0.4) is 0 Å². The first-order chi connectivity index (χ1) is 33.7. The average Bonchev–Trinajstić information content (AvgIpc) is 4.14. The zero-order chi connectivity index (χ0) is 44.5. The summed E-state index contributed by atoms with van der Waals surface area (Å²) in [4.78, 5) is 2.46. The molecular formula is C65H39NO2. The second kappa shape index (κ2) is 14.0. The molecule has 2 heterocycles. The fraction of sp³-hybridized carbons (Fsp3) is 0.0154. The molecule has 0 atom stereocenters. The van der Waals surface area contributed by atoms with Gasteiger partial charge in [-0.3, -0.25) is 0 Å². The maximum absolute atomic E-state index is 6.61.